The Bertz CT molecular complexity index is 257. The minimum atomic E-state index is -0.141. The van der Waals surface area contributed by atoms with E-state index in [4.69, 9.17) is 5.73 Å². The molecule has 0 amide bonds. The molecule has 4 aliphatic rings. The van der Waals surface area contributed by atoms with Gasteiger partial charge in [-0.2, -0.15) is 0 Å². The van der Waals surface area contributed by atoms with Gasteiger partial charge in [0.2, 0.25) is 0 Å². The van der Waals surface area contributed by atoms with E-state index >= 15 is 0 Å². The first-order valence-electron chi connectivity index (χ1n) is 5.82. The van der Waals surface area contributed by atoms with E-state index in [2.05, 4.69) is 6.92 Å². The lowest BCUT2D eigenvalue weighted by molar-refractivity contribution is -0.121. The second-order valence-corrected chi connectivity index (χ2v) is 6.82. The lowest BCUT2D eigenvalue weighted by Crippen LogP contribution is -2.63. The first kappa shape index (κ1) is 9.14. The van der Waals surface area contributed by atoms with Crippen molar-refractivity contribution in [1.82, 2.24) is 0 Å². The molecular formula is C12H20FN. The quantitative estimate of drug-likeness (QED) is 0.685. The van der Waals surface area contributed by atoms with Gasteiger partial charge < -0.3 is 5.73 Å². The van der Waals surface area contributed by atoms with Gasteiger partial charge in [-0.3, -0.25) is 4.39 Å². The monoisotopic (exact) mass is 196 g/mol. The standard InChI is InChI=1S/C12H20FN/c1-10-2-9-3-11(5-10,8-13)7-12(14,4-9)6-10/h9H,2-8,14H2,1H3/t9-,10+,11+,12-/m0/s1/i13-1. The maximum Gasteiger partial charge on any atom is 0.0951 e. The molecule has 0 heterocycles. The SMILES string of the molecule is C[C@]12C[C@@H]3C[C@](N)(C1)C[C@@](C[18F])(C3)C2. The molecule has 0 aromatic heterocycles. The molecule has 1 nitrogen and oxygen atoms in total. The molecule has 0 spiro atoms. The molecule has 2 heteroatoms. The predicted molar refractivity (Wildman–Crippen MR) is 54.6 cm³/mol. The number of nitrogens with two attached hydrogens (primary N) is 1. The van der Waals surface area contributed by atoms with Crippen LogP contribution in [0.2, 0.25) is 0 Å². The van der Waals surface area contributed by atoms with Crippen molar-refractivity contribution in [2.24, 2.45) is 22.5 Å². The minimum absolute atomic E-state index is 0.0136. The van der Waals surface area contributed by atoms with Crippen LogP contribution in [0.3, 0.4) is 0 Å². The number of alkyl halides is 1. The third-order valence-electron chi connectivity index (χ3n) is 4.79. The van der Waals surface area contributed by atoms with Crippen LogP contribution in [0.25, 0.3) is 0 Å². The Kier molecular flexibility index (Phi) is 1.53. The van der Waals surface area contributed by atoms with Crippen molar-refractivity contribution in [2.75, 3.05) is 6.67 Å². The number of rotatable bonds is 1. The third-order valence-corrected chi connectivity index (χ3v) is 4.79. The number of halogens is 1. The van der Waals surface area contributed by atoms with Gasteiger partial charge >= 0.3 is 0 Å². The summed E-state index contributed by atoms with van der Waals surface area (Å²) in [4.78, 5) is 0. The molecule has 4 aliphatic carbocycles. The highest BCUT2D eigenvalue weighted by atomic mass is 18.2. The lowest BCUT2D eigenvalue weighted by atomic mass is 9.43. The summed E-state index contributed by atoms with van der Waals surface area (Å²) in [5.74, 6) is 0.719. The molecule has 2 N–H and O–H groups in total. The maximum absolute atomic E-state index is 13.2. The molecule has 80 valence electrons. The molecule has 0 saturated heterocycles. The third kappa shape index (κ3) is 1.09. The van der Waals surface area contributed by atoms with Gasteiger partial charge in [0.05, 0.1) is 6.67 Å². The number of hydrogen-bond acceptors (Lipinski definition) is 1. The maximum atomic E-state index is 13.2. The fourth-order valence-corrected chi connectivity index (χ4v) is 5.37. The van der Waals surface area contributed by atoms with Crippen LogP contribution < -0.4 is 5.73 Å². The average molecular weight is 196 g/mol. The normalized spacial score (nSPS) is 60.6. The lowest BCUT2D eigenvalue weighted by Gasteiger charge is -2.64. The number of hydrogen-bond donors (Lipinski definition) is 1. The molecule has 4 bridgehead atoms. The first-order chi connectivity index (χ1) is 6.47. The summed E-state index contributed by atoms with van der Waals surface area (Å²) in [7, 11) is 0. The molecule has 4 saturated carbocycles. The van der Waals surface area contributed by atoms with E-state index < -0.39 is 0 Å². The van der Waals surface area contributed by atoms with Gasteiger partial charge in [-0.25, -0.2) is 0 Å². The molecule has 0 aliphatic heterocycles. The highest BCUT2D eigenvalue weighted by Crippen LogP contribution is 2.65. The zero-order valence-electron chi connectivity index (χ0n) is 8.98. The van der Waals surface area contributed by atoms with E-state index in [9.17, 15) is 4.39 Å². The molecule has 0 aromatic carbocycles. The second-order valence-electron chi connectivity index (χ2n) is 6.82. The van der Waals surface area contributed by atoms with Crippen molar-refractivity contribution >= 4 is 0 Å². The van der Waals surface area contributed by atoms with E-state index in [1.54, 1.807) is 0 Å². The summed E-state index contributed by atoms with van der Waals surface area (Å²) in [5, 5.41) is 0. The Morgan fingerprint density at radius 3 is 2.57 bits per heavy atom. The zero-order valence-corrected chi connectivity index (χ0v) is 8.98. The van der Waals surface area contributed by atoms with E-state index in [-0.39, 0.29) is 17.6 Å². The molecule has 0 unspecified atom stereocenters. The summed E-state index contributed by atoms with van der Waals surface area (Å²) in [6.07, 6.45) is 6.74. The van der Waals surface area contributed by atoms with Crippen LogP contribution in [0.15, 0.2) is 0 Å². The Morgan fingerprint density at radius 1 is 1.21 bits per heavy atom. The highest BCUT2D eigenvalue weighted by molar-refractivity contribution is 5.14. The molecule has 0 radical (unpaired) electrons. The van der Waals surface area contributed by atoms with E-state index in [1.807, 2.05) is 0 Å². The Balaban J connectivity index is 2.01. The van der Waals surface area contributed by atoms with Crippen LogP contribution in [-0.4, -0.2) is 12.2 Å². The van der Waals surface area contributed by atoms with E-state index in [1.165, 1.54) is 6.42 Å². The second kappa shape index (κ2) is 2.34. The van der Waals surface area contributed by atoms with Crippen LogP contribution in [0.5, 0.6) is 0 Å². The smallest absolute Gasteiger partial charge is 0.0951 e. The summed E-state index contributed by atoms with van der Waals surface area (Å²) in [5.41, 5.74) is 6.72. The van der Waals surface area contributed by atoms with Crippen LogP contribution >= 0.6 is 0 Å². The molecule has 0 aromatic rings. The summed E-state index contributed by atoms with van der Waals surface area (Å²) < 4.78 is 13.2. The first-order valence-corrected chi connectivity index (χ1v) is 5.82. The Morgan fingerprint density at radius 2 is 2.00 bits per heavy atom. The predicted octanol–water partition coefficient (Wildman–Crippen LogP) is 2.64. The highest BCUT2D eigenvalue weighted by Gasteiger charge is 2.60. The average Bonchev–Trinajstić information content (AvgIpc) is 1.97. The molecule has 4 atom stereocenters. The van der Waals surface area contributed by atoms with Crippen molar-refractivity contribution < 1.29 is 4.39 Å². The van der Waals surface area contributed by atoms with Crippen molar-refractivity contribution in [1.29, 1.82) is 0 Å². The Hall–Kier alpha value is -0.110. The fraction of sp³-hybridized carbons (Fsp3) is 1.00. The summed E-state index contributed by atoms with van der Waals surface area (Å²) in [6.45, 7) is 2.18. The van der Waals surface area contributed by atoms with Crippen LogP contribution in [0.1, 0.15) is 45.4 Å². The van der Waals surface area contributed by atoms with Gasteiger partial charge in [0.15, 0.2) is 0 Å². The molecular weight excluding hydrogens is 176 g/mol. The van der Waals surface area contributed by atoms with Gasteiger partial charge in [-0.1, -0.05) is 6.92 Å². The van der Waals surface area contributed by atoms with E-state index in [0.717, 1.165) is 38.0 Å². The van der Waals surface area contributed by atoms with Gasteiger partial charge in [0.25, 0.3) is 0 Å². The van der Waals surface area contributed by atoms with Crippen LogP contribution in [0, 0.1) is 16.7 Å². The van der Waals surface area contributed by atoms with Crippen LogP contribution in [0.4, 0.5) is 4.39 Å². The van der Waals surface area contributed by atoms with Gasteiger partial charge in [0, 0.05) is 11.0 Å². The molecule has 4 rings (SSSR count). The minimum Gasteiger partial charge on any atom is -0.325 e. The summed E-state index contributed by atoms with van der Waals surface area (Å²) >= 11 is 0. The van der Waals surface area contributed by atoms with Gasteiger partial charge in [0.1, 0.15) is 0 Å². The van der Waals surface area contributed by atoms with Gasteiger partial charge in [-0.15, -0.1) is 0 Å². The summed E-state index contributed by atoms with van der Waals surface area (Å²) in [6, 6.07) is 0. The molecule has 14 heavy (non-hydrogen) atoms. The largest absolute Gasteiger partial charge is 0.325 e. The van der Waals surface area contributed by atoms with E-state index in [0.29, 0.717) is 5.41 Å². The van der Waals surface area contributed by atoms with Crippen molar-refractivity contribution in [3.05, 3.63) is 0 Å². The molecule has 4 fully saturated rings. The van der Waals surface area contributed by atoms with Crippen molar-refractivity contribution in [3.63, 3.8) is 0 Å². The van der Waals surface area contributed by atoms with Gasteiger partial charge in [-0.05, 0) is 49.9 Å². The van der Waals surface area contributed by atoms with Crippen molar-refractivity contribution in [3.8, 4) is 0 Å². The topological polar surface area (TPSA) is 26.0 Å². The van der Waals surface area contributed by atoms with Crippen LogP contribution in [-0.2, 0) is 0 Å². The fourth-order valence-electron chi connectivity index (χ4n) is 5.37. The Labute approximate surface area is 85.2 Å². The zero-order chi connectivity index (χ0) is 10.0. The van der Waals surface area contributed by atoms with Crippen molar-refractivity contribution in [2.45, 2.75) is 51.0 Å².